The molecule has 0 radical (unpaired) electrons. The van der Waals surface area contributed by atoms with E-state index in [1.54, 1.807) is 0 Å². The Balaban J connectivity index is 3.36. The van der Waals surface area contributed by atoms with Gasteiger partial charge < -0.3 is 10.6 Å². The molecule has 0 aromatic carbocycles. The monoisotopic (exact) mass is 212 g/mol. The Morgan fingerprint density at radius 3 is 2.40 bits per heavy atom. The normalized spacial score (nSPS) is 15.7. The van der Waals surface area contributed by atoms with Gasteiger partial charge in [0.1, 0.15) is 6.42 Å². The summed E-state index contributed by atoms with van der Waals surface area (Å²) in [6.45, 7) is 0. The minimum absolute atomic E-state index is 0.466. The second-order valence-electron chi connectivity index (χ2n) is 2.61. The van der Waals surface area contributed by atoms with E-state index in [0.29, 0.717) is 6.08 Å². The average molecular weight is 212 g/mol. The van der Waals surface area contributed by atoms with Gasteiger partial charge in [0.2, 0.25) is 0 Å². The predicted octanol–water partition coefficient (Wildman–Crippen LogP) is 0.268. The maximum atomic E-state index is 10.4. The molecule has 0 atom stereocenters. The third-order valence-electron chi connectivity index (χ3n) is 1.72. The van der Waals surface area contributed by atoms with Crippen LogP contribution < -0.4 is 0 Å². The molecule has 78 valence electrons. The van der Waals surface area contributed by atoms with Gasteiger partial charge in [-0.25, -0.2) is 0 Å². The van der Waals surface area contributed by atoms with Crippen molar-refractivity contribution in [3.63, 3.8) is 0 Å². The van der Waals surface area contributed by atoms with Gasteiger partial charge in [-0.2, -0.15) is 4.79 Å². The van der Waals surface area contributed by atoms with Gasteiger partial charge in [0, 0.05) is 0 Å². The smallest absolute Gasteiger partial charge is 0.351 e. The van der Waals surface area contributed by atoms with Crippen LogP contribution in [0.1, 0.15) is 6.42 Å². The van der Waals surface area contributed by atoms with Crippen LogP contribution >= 0.6 is 0 Å². The first-order valence-corrected chi connectivity index (χ1v) is 3.61. The molecule has 0 aromatic rings. The van der Waals surface area contributed by atoms with Gasteiger partial charge in [0.05, 0.1) is 15.9 Å². The third kappa shape index (κ3) is 1.86. The molecule has 0 aromatic heterocycles. The Morgan fingerprint density at radius 1 is 1.40 bits per heavy atom. The van der Waals surface area contributed by atoms with Crippen LogP contribution in [0.15, 0.2) is 23.2 Å². The highest BCUT2D eigenvalue weighted by Crippen LogP contribution is 2.20. The maximum absolute atomic E-state index is 10.4. The third-order valence-corrected chi connectivity index (χ3v) is 1.72. The van der Waals surface area contributed by atoms with Crippen molar-refractivity contribution in [2.75, 3.05) is 0 Å². The van der Waals surface area contributed by atoms with Crippen LogP contribution in [0.2, 0.25) is 0 Å². The molecule has 15 heavy (non-hydrogen) atoms. The van der Waals surface area contributed by atoms with E-state index in [0.717, 1.165) is 0 Å². The Hall–Kier alpha value is -2.54. The first kappa shape index (κ1) is 10.5. The molecule has 1 aliphatic rings. The summed E-state index contributed by atoms with van der Waals surface area (Å²) in [5.41, 5.74) is 6.50. The predicted molar refractivity (Wildman–Crippen MR) is 45.0 cm³/mol. The molecule has 0 aliphatic heterocycles. The van der Waals surface area contributed by atoms with Crippen molar-refractivity contribution in [1.29, 1.82) is 0 Å². The first-order valence-electron chi connectivity index (χ1n) is 3.61. The van der Waals surface area contributed by atoms with Crippen molar-refractivity contribution in [3.05, 3.63) is 49.0 Å². The molecule has 0 saturated carbocycles. The number of aliphatic hydroxyl groups excluding tert-OH is 1. The molecule has 0 unspecified atom stereocenters. The van der Waals surface area contributed by atoms with Gasteiger partial charge in [-0.1, -0.05) is 0 Å². The average Bonchev–Trinajstić information content (AvgIpc) is 2.17. The van der Waals surface area contributed by atoms with Gasteiger partial charge >= 0.3 is 11.4 Å². The summed E-state index contributed by atoms with van der Waals surface area (Å²) in [7, 11) is 0. The zero-order chi connectivity index (χ0) is 11.6. The lowest BCUT2D eigenvalue weighted by Gasteiger charge is -2.01. The molecule has 1 rings (SSSR count). The van der Waals surface area contributed by atoms with E-state index in [-0.39, 0.29) is 0 Å². The van der Waals surface area contributed by atoms with E-state index in [1.807, 2.05) is 0 Å². The van der Waals surface area contributed by atoms with Gasteiger partial charge in [-0.05, 0) is 0 Å². The van der Waals surface area contributed by atoms with E-state index in [2.05, 4.69) is 4.79 Å². The first-order chi connectivity index (χ1) is 6.97. The van der Waals surface area contributed by atoms with Crippen LogP contribution in [-0.4, -0.2) is 25.5 Å². The fourth-order valence-corrected chi connectivity index (χ4v) is 1.02. The number of nitro groups is 2. The van der Waals surface area contributed by atoms with Crippen LogP contribution in [0.25, 0.3) is 5.53 Å². The summed E-state index contributed by atoms with van der Waals surface area (Å²) in [5, 5.41) is 29.9. The topological polar surface area (TPSA) is 143 Å². The molecule has 0 bridgehead atoms. The second-order valence-corrected chi connectivity index (χ2v) is 2.61. The largest absolute Gasteiger partial charge is 0.497 e. The van der Waals surface area contributed by atoms with E-state index in [1.165, 1.54) is 0 Å². The van der Waals surface area contributed by atoms with Crippen molar-refractivity contribution >= 4 is 5.71 Å². The lowest BCUT2D eigenvalue weighted by Crippen LogP contribution is -2.19. The van der Waals surface area contributed by atoms with Crippen molar-refractivity contribution in [1.82, 2.24) is 0 Å². The summed E-state index contributed by atoms with van der Waals surface area (Å²) in [5.74, 6) is -0.867. The molecule has 9 nitrogen and oxygen atoms in total. The summed E-state index contributed by atoms with van der Waals surface area (Å²) >= 11 is 0. The summed E-state index contributed by atoms with van der Waals surface area (Å²) < 4.78 is 0. The molecular weight excluding hydrogens is 208 g/mol. The van der Waals surface area contributed by atoms with Gasteiger partial charge in [0.25, 0.3) is 11.5 Å². The molecule has 1 N–H and O–H groups in total. The Morgan fingerprint density at radius 2 is 2.00 bits per heavy atom. The van der Waals surface area contributed by atoms with Gasteiger partial charge in [0.15, 0.2) is 0 Å². The van der Waals surface area contributed by atoms with Crippen molar-refractivity contribution in [3.8, 4) is 0 Å². The maximum Gasteiger partial charge on any atom is 0.351 e. The van der Waals surface area contributed by atoms with Crippen molar-refractivity contribution in [2.24, 2.45) is 0 Å². The van der Waals surface area contributed by atoms with E-state index in [9.17, 15) is 25.3 Å². The molecule has 0 heterocycles. The SMILES string of the molecule is [N-]=[N+]=C1CC([N+](=O)[O-])=CC([N+](=O)[O-])=C1O. The van der Waals surface area contributed by atoms with Crippen LogP contribution in [0.4, 0.5) is 0 Å². The van der Waals surface area contributed by atoms with Gasteiger partial charge in [-0.15, -0.1) is 0 Å². The lowest BCUT2D eigenvalue weighted by atomic mass is 10.1. The molecule has 1 aliphatic carbocycles. The second kappa shape index (κ2) is 3.68. The fraction of sp³-hybridized carbons (Fsp3) is 0.167. The summed E-state index contributed by atoms with van der Waals surface area (Å²) in [6.07, 6.45) is 0.163. The standard InChI is InChI=1S/C6H4N4O5/c7-8-4-1-3(9(12)13)2-5(6(4)11)10(14)15/h2,11H,1H2. The quantitative estimate of drug-likeness (QED) is 0.302. The molecule has 0 spiro atoms. The number of aliphatic hydroxyl groups is 1. The van der Waals surface area contributed by atoms with E-state index >= 15 is 0 Å². The van der Waals surface area contributed by atoms with Crippen molar-refractivity contribution < 1.29 is 19.7 Å². The molecular formula is C6H4N4O5. The molecule has 9 heteroatoms. The van der Waals surface area contributed by atoms with Crippen LogP contribution in [0.5, 0.6) is 0 Å². The number of hydrogen-bond donors (Lipinski definition) is 1. The molecule has 0 saturated heterocycles. The number of nitrogens with zero attached hydrogens (tertiary/aromatic N) is 4. The Kier molecular flexibility index (Phi) is 2.59. The van der Waals surface area contributed by atoms with E-state index in [4.69, 9.17) is 5.53 Å². The zero-order valence-electron chi connectivity index (χ0n) is 7.15. The highest BCUT2D eigenvalue weighted by atomic mass is 16.6. The summed E-state index contributed by atoms with van der Waals surface area (Å²) in [4.78, 5) is 21.5. The summed E-state index contributed by atoms with van der Waals surface area (Å²) in [6, 6.07) is 0. The van der Waals surface area contributed by atoms with Crippen LogP contribution in [-0.2, 0) is 0 Å². The number of allylic oxidation sites excluding steroid dienone is 3. The van der Waals surface area contributed by atoms with Crippen LogP contribution in [0, 0.1) is 20.2 Å². The molecule has 0 fully saturated rings. The Bertz CT molecular complexity index is 456. The lowest BCUT2D eigenvalue weighted by molar-refractivity contribution is -0.437. The Labute approximate surface area is 81.9 Å². The number of rotatable bonds is 2. The minimum atomic E-state index is -0.997. The zero-order valence-corrected chi connectivity index (χ0v) is 7.15. The van der Waals surface area contributed by atoms with Crippen LogP contribution in [0.3, 0.4) is 0 Å². The van der Waals surface area contributed by atoms with E-state index < -0.39 is 39.1 Å². The van der Waals surface area contributed by atoms with Gasteiger partial charge in [-0.3, -0.25) is 20.2 Å². The minimum Gasteiger partial charge on any atom is -0.497 e. The van der Waals surface area contributed by atoms with Crippen molar-refractivity contribution in [2.45, 2.75) is 6.42 Å². The number of hydrogen-bond acceptors (Lipinski definition) is 5. The molecule has 0 amide bonds. The fourth-order valence-electron chi connectivity index (χ4n) is 1.02. The highest BCUT2D eigenvalue weighted by Gasteiger charge is 2.37. The highest BCUT2D eigenvalue weighted by molar-refractivity contribution is 5.96.